The van der Waals surface area contributed by atoms with Crippen molar-refractivity contribution in [1.29, 1.82) is 5.26 Å². The average molecular weight is 281 g/mol. The highest BCUT2D eigenvalue weighted by Gasteiger charge is 2.43. The molecule has 0 radical (unpaired) electrons. The lowest BCUT2D eigenvalue weighted by molar-refractivity contribution is -0.146. The van der Waals surface area contributed by atoms with Gasteiger partial charge in [0, 0.05) is 13.1 Å². The van der Waals surface area contributed by atoms with E-state index in [2.05, 4.69) is 5.32 Å². The van der Waals surface area contributed by atoms with Crippen molar-refractivity contribution in [2.24, 2.45) is 5.92 Å². The highest BCUT2D eigenvalue weighted by molar-refractivity contribution is 5.86. The minimum absolute atomic E-state index is 0.248. The maximum Gasteiger partial charge on any atom is 0.329 e. The van der Waals surface area contributed by atoms with Crippen molar-refractivity contribution in [3.8, 4) is 6.07 Å². The maximum absolute atomic E-state index is 12.2. The molecule has 0 aliphatic heterocycles. The zero-order valence-corrected chi connectivity index (χ0v) is 12.2. The molecule has 1 aliphatic carbocycles. The molecule has 0 saturated heterocycles. The molecule has 2 amide bonds. The second-order valence-corrected chi connectivity index (χ2v) is 5.51. The van der Waals surface area contributed by atoms with Crippen LogP contribution in [0.5, 0.6) is 0 Å². The first-order chi connectivity index (χ1) is 9.45. The van der Waals surface area contributed by atoms with E-state index in [9.17, 15) is 14.7 Å². The molecule has 0 spiro atoms. The van der Waals surface area contributed by atoms with E-state index in [1.807, 2.05) is 19.9 Å². The molecule has 0 aromatic carbocycles. The van der Waals surface area contributed by atoms with Crippen LogP contribution in [0.4, 0.5) is 4.79 Å². The summed E-state index contributed by atoms with van der Waals surface area (Å²) >= 11 is 0. The molecule has 0 heterocycles. The van der Waals surface area contributed by atoms with E-state index in [4.69, 9.17) is 5.26 Å². The number of aliphatic carboxylic acids is 1. The number of nitriles is 1. The van der Waals surface area contributed by atoms with Crippen molar-refractivity contribution in [1.82, 2.24) is 10.2 Å². The summed E-state index contributed by atoms with van der Waals surface area (Å²) < 4.78 is 0. The molecule has 1 fully saturated rings. The van der Waals surface area contributed by atoms with Gasteiger partial charge in [0.1, 0.15) is 5.54 Å². The largest absolute Gasteiger partial charge is 0.480 e. The summed E-state index contributed by atoms with van der Waals surface area (Å²) in [5.41, 5.74) is -1.16. The van der Waals surface area contributed by atoms with Gasteiger partial charge in [-0.2, -0.15) is 5.26 Å². The summed E-state index contributed by atoms with van der Waals surface area (Å²) in [5, 5.41) is 20.8. The van der Waals surface area contributed by atoms with Crippen LogP contribution in [0, 0.1) is 17.2 Å². The van der Waals surface area contributed by atoms with Gasteiger partial charge in [0.25, 0.3) is 0 Å². The topological polar surface area (TPSA) is 93.4 Å². The van der Waals surface area contributed by atoms with Crippen LogP contribution in [0.2, 0.25) is 0 Å². The van der Waals surface area contributed by atoms with Gasteiger partial charge >= 0.3 is 12.0 Å². The van der Waals surface area contributed by atoms with Crippen molar-refractivity contribution in [2.75, 3.05) is 13.1 Å². The molecular weight excluding hydrogens is 258 g/mol. The van der Waals surface area contributed by atoms with Gasteiger partial charge in [-0.15, -0.1) is 0 Å². The van der Waals surface area contributed by atoms with E-state index in [-0.39, 0.29) is 18.4 Å². The molecule has 2 N–H and O–H groups in total. The number of nitrogens with one attached hydrogen (secondary N) is 1. The third-order valence-electron chi connectivity index (χ3n) is 3.92. The number of urea groups is 1. The number of nitrogens with zero attached hydrogens (tertiary/aromatic N) is 2. The Morgan fingerprint density at radius 2 is 2.25 bits per heavy atom. The molecule has 0 aromatic rings. The van der Waals surface area contributed by atoms with Crippen molar-refractivity contribution >= 4 is 12.0 Å². The van der Waals surface area contributed by atoms with Crippen LogP contribution >= 0.6 is 0 Å². The maximum atomic E-state index is 12.2. The van der Waals surface area contributed by atoms with E-state index >= 15 is 0 Å². The number of hydrogen-bond acceptors (Lipinski definition) is 3. The lowest BCUT2D eigenvalue weighted by Crippen LogP contribution is -2.59. The lowest BCUT2D eigenvalue weighted by Gasteiger charge is -2.38. The van der Waals surface area contributed by atoms with Crippen molar-refractivity contribution in [3.63, 3.8) is 0 Å². The minimum atomic E-state index is -1.16. The summed E-state index contributed by atoms with van der Waals surface area (Å²) in [6, 6.07) is 1.60. The Morgan fingerprint density at radius 1 is 1.55 bits per heavy atom. The first-order valence-corrected chi connectivity index (χ1v) is 7.12. The van der Waals surface area contributed by atoms with E-state index in [0.29, 0.717) is 25.9 Å². The highest BCUT2D eigenvalue weighted by Crippen LogP contribution is 2.32. The molecule has 0 aromatic heterocycles. The number of carbonyl (C=O) groups is 2. The van der Waals surface area contributed by atoms with Gasteiger partial charge in [0.2, 0.25) is 0 Å². The van der Waals surface area contributed by atoms with Crippen LogP contribution in [0.15, 0.2) is 0 Å². The Labute approximate surface area is 119 Å². The van der Waals surface area contributed by atoms with Gasteiger partial charge in [0.15, 0.2) is 0 Å². The number of carboxylic acid groups (broad SMARTS) is 1. The zero-order valence-electron chi connectivity index (χ0n) is 12.2. The van der Waals surface area contributed by atoms with E-state index in [1.165, 1.54) is 4.90 Å². The predicted octanol–water partition coefficient (Wildman–Crippen LogP) is 1.97. The predicted molar refractivity (Wildman–Crippen MR) is 74.0 cm³/mol. The first kappa shape index (κ1) is 16.3. The fourth-order valence-electron chi connectivity index (χ4n) is 2.78. The Kier molecular flexibility index (Phi) is 5.81. The Morgan fingerprint density at radius 3 is 2.75 bits per heavy atom. The number of rotatable bonds is 5. The Balaban J connectivity index is 2.77. The third-order valence-corrected chi connectivity index (χ3v) is 3.92. The fourth-order valence-corrected chi connectivity index (χ4v) is 2.78. The van der Waals surface area contributed by atoms with Crippen LogP contribution in [0.1, 0.15) is 46.0 Å². The second-order valence-electron chi connectivity index (χ2n) is 5.51. The number of hydrogen-bond donors (Lipinski definition) is 2. The Bertz CT molecular complexity index is 405. The first-order valence-electron chi connectivity index (χ1n) is 7.12. The summed E-state index contributed by atoms with van der Waals surface area (Å²) in [6.07, 6.45) is 2.98. The molecule has 2 unspecified atom stereocenters. The van der Waals surface area contributed by atoms with Gasteiger partial charge in [-0.25, -0.2) is 9.59 Å². The SMILES string of the molecule is CCN(CCC#N)C(=O)NC1(C(=O)O)CCCC(C)C1. The van der Waals surface area contributed by atoms with Crippen molar-refractivity contribution in [3.05, 3.63) is 0 Å². The molecule has 1 saturated carbocycles. The van der Waals surface area contributed by atoms with Crippen LogP contribution in [-0.4, -0.2) is 40.6 Å². The molecule has 6 nitrogen and oxygen atoms in total. The molecule has 20 heavy (non-hydrogen) atoms. The third kappa shape index (κ3) is 3.86. The number of carboxylic acids is 1. The quantitative estimate of drug-likeness (QED) is 0.805. The molecular formula is C14H23N3O3. The normalized spacial score (nSPS) is 25.6. The molecule has 1 rings (SSSR count). The van der Waals surface area contributed by atoms with Gasteiger partial charge < -0.3 is 15.3 Å². The summed E-state index contributed by atoms with van der Waals surface area (Å²) in [7, 11) is 0. The number of carbonyl (C=O) groups excluding carboxylic acids is 1. The van der Waals surface area contributed by atoms with Crippen molar-refractivity contribution < 1.29 is 14.7 Å². The second kappa shape index (κ2) is 7.13. The molecule has 2 atom stereocenters. The standard InChI is InChI=1S/C14H23N3O3/c1-3-17(9-5-8-15)13(20)16-14(12(18)19)7-4-6-11(2)10-14/h11H,3-7,9-10H2,1-2H3,(H,16,20)(H,18,19). The van der Waals surface area contributed by atoms with E-state index < -0.39 is 11.5 Å². The zero-order chi connectivity index (χ0) is 15.2. The van der Waals surface area contributed by atoms with E-state index in [1.54, 1.807) is 0 Å². The van der Waals surface area contributed by atoms with Gasteiger partial charge in [0.05, 0.1) is 12.5 Å². The highest BCUT2D eigenvalue weighted by atomic mass is 16.4. The number of amides is 2. The van der Waals surface area contributed by atoms with Gasteiger partial charge in [-0.05, 0) is 25.7 Å². The van der Waals surface area contributed by atoms with Gasteiger partial charge in [-0.1, -0.05) is 19.8 Å². The van der Waals surface area contributed by atoms with Crippen LogP contribution < -0.4 is 5.32 Å². The Hall–Kier alpha value is -1.77. The fraction of sp³-hybridized carbons (Fsp3) is 0.786. The molecule has 1 aliphatic rings. The summed E-state index contributed by atoms with van der Waals surface area (Å²) in [4.78, 5) is 25.3. The smallest absolute Gasteiger partial charge is 0.329 e. The summed E-state index contributed by atoms with van der Waals surface area (Å²) in [5.74, 6) is -0.678. The average Bonchev–Trinajstić information content (AvgIpc) is 2.39. The van der Waals surface area contributed by atoms with Gasteiger partial charge in [-0.3, -0.25) is 0 Å². The van der Waals surface area contributed by atoms with Crippen LogP contribution in [-0.2, 0) is 4.79 Å². The molecule has 112 valence electrons. The molecule has 0 bridgehead atoms. The lowest BCUT2D eigenvalue weighted by atomic mass is 9.76. The van der Waals surface area contributed by atoms with Crippen LogP contribution in [0.3, 0.4) is 0 Å². The summed E-state index contributed by atoms with van der Waals surface area (Å²) in [6.45, 7) is 4.60. The monoisotopic (exact) mass is 281 g/mol. The molecule has 6 heteroatoms. The minimum Gasteiger partial charge on any atom is -0.480 e. The van der Waals surface area contributed by atoms with Crippen molar-refractivity contribution in [2.45, 2.75) is 51.5 Å². The van der Waals surface area contributed by atoms with Crippen LogP contribution in [0.25, 0.3) is 0 Å². The van der Waals surface area contributed by atoms with E-state index in [0.717, 1.165) is 12.8 Å².